The topological polar surface area (TPSA) is 96.4 Å². The molecule has 0 unspecified atom stereocenters. The maximum absolute atomic E-state index is 12.8. The summed E-state index contributed by atoms with van der Waals surface area (Å²) in [7, 11) is 0. The van der Waals surface area contributed by atoms with Crippen LogP contribution in [0.2, 0.25) is 0 Å². The molecule has 0 aromatic rings. The molecule has 0 saturated carbocycles. The van der Waals surface area contributed by atoms with E-state index in [0.29, 0.717) is 6.42 Å². The van der Waals surface area contributed by atoms with Gasteiger partial charge in [-0.3, -0.25) is 4.79 Å². The lowest BCUT2D eigenvalue weighted by atomic mass is 9.80. The highest BCUT2D eigenvalue weighted by Crippen LogP contribution is 2.45. The first-order valence-corrected chi connectivity index (χ1v) is 10.8. The number of hydrogen-bond acceptors (Lipinski definition) is 6. The first kappa shape index (κ1) is 25.2. The van der Waals surface area contributed by atoms with Gasteiger partial charge >= 0.3 is 5.97 Å². The second-order valence-corrected chi connectivity index (χ2v) is 9.54. The number of hydrogen-bond donors (Lipinski definition) is 2. The van der Waals surface area contributed by atoms with Crippen molar-refractivity contribution >= 4 is 11.8 Å². The molecule has 0 amide bonds. The summed E-state index contributed by atoms with van der Waals surface area (Å²) in [6.07, 6.45) is 8.22. The van der Waals surface area contributed by atoms with Crippen molar-refractivity contribution in [1.82, 2.24) is 0 Å². The molecule has 5 atom stereocenters. The predicted octanol–water partition coefficient (Wildman–Crippen LogP) is 3.58. The Balaban J connectivity index is 2.43. The quantitative estimate of drug-likeness (QED) is 0.288. The van der Waals surface area contributed by atoms with E-state index in [0.717, 1.165) is 18.4 Å². The summed E-state index contributed by atoms with van der Waals surface area (Å²) >= 11 is 0. The average Bonchev–Trinajstić information content (AvgIpc) is 3.36. The van der Waals surface area contributed by atoms with Gasteiger partial charge in [-0.05, 0) is 65.4 Å². The van der Waals surface area contributed by atoms with Crippen molar-refractivity contribution in [2.24, 2.45) is 5.41 Å². The van der Waals surface area contributed by atoms with E-state index in [1.165, 1.54) is 11.6 Å². The van der Waals surface area contributed by atoms with E-state index in [4.69, 9.17) is 9.47 Å². The van der Waals surface area contributed by atoms with Crippen LogP contribution in [0.15, 0.2) is 47.1 Å². The number of esters is 1. The minimum Gasteiger partial charge on any atom is -0.452 e. The van der Waals surface area contributed by atoms with Crippen molar-refractivity contribution in [3.05, 3.63) is 47.1 Å². The zero-order valence-electron chi connectivity index (χ0n) is 19.5. The van der Waals surface area contributed by atoms with Crippen LogP contribution < -0.4 is 0 Å². The zero-order valence-corrected chi connectivity index (χ0v) is 19.5. The molecule has 0 aromatic heterocycles. The maximum atomic E-state index is 12.8. The number of rotatable bonds is 6. The molecule has 31 heavy (non-hydrogen) atoms. The molecule has 1 saturated heterocycles. The van der Waals surface area contributed by atoms with Gasteiger partial charge in [0, 0.05) is 11.6 Å². The number of carbonyl (C=O) groups is 2. The van der Waals surface area contributed by atoms with E-state index in [-0.39, 0.29) is 11.0 Å². The molecule has 2 aliphatic rings. The third-order valence-corrected chi connectivity index (χ3v) is 5.90. The monoisotopic (exact) mass is 432 g/mol. The molecule has 1 heterocycles. The van der Waals surface area contributed by atoms with E-state index in [1.807, 2.05) is 26.0 Å². The molecule has 1 fully saturated rings. The second-order valence-electron chi connectivity index (χ2n) is 9.54. The third kappa shape index (κ3) is 6.48. The number of fused-ring (bicyclic) bond motifs is 1. The lowest BCUT2D eigenvalue weighted by Gasteiger charge is -2.26. The predicted molar refractivity (Wildman–Crippen MR) is 119 cm³/mol. The summed E-state index contributed by atoms with van der Waals surface area (Å²) in [5.74, 6) is -1.06. The Morgan fingerprint density at radius 1 is 1.26 bits per heavy atom. The number of carbonyl (C=O) groups excluding carboxylic acids is 2. The van der Waals surface area contributed by atoms with Crippen molar-refractivity contribution < 1.29 is 29.3 Å². The van der Waals surface area contributed by atoms with Gasteiger partial charge in [0.15, 0.2) is 11.9 Å². The lowest BCUT2D eigenvalue weighted by Crippen LogP contribution is -2.39. The number of allylic oxidation sites excluding steroid dienone is 5. The standard InChI is InChI=1S/C25H36O6/c1-16(2)8-7-11-24(5)12-9-18(15-26)21(28)22(29)23-25(6,31-23)19(10-13-24)30-20(27)14-17(3)4/h8-10,13-14,19,22-23,26,29H,7,11-12,15H2,1-6H3/b13-10+,18-9-/t19-,22-,23+,24+,25-/m1/s1. The number of ketones is 1. The van der Waals surface area contributed by atoms with E-state index >= 15 is 0 Å². The zero-order chi connectivity index (χ0) is 23.4. The van der Waals surface area contributed by atoms with Gasteiger partial charge < -0.3 is 19.7 Å². The van der Waals surface area contributed by atoms with Gasteiger partial charge in [-0.15, -0.1) is 0 Å². The fourth-order valence-electron chi connectivity index (χ4n) is 3.78. The highest BCUT2D eigenvalue weighted by molar-refractivity contribution is 5.99. The number of epoxide rings is 1. The molecule has 6 heteroatoms. The highest BCUT2D eigenvalue weighted by Gasteiger charge is 2.63. The molecular weight excluding hydrogens is 396 g/mol. The van der Waals surface area contributed by atoms with Crippen LogP contribution in [0.25, 0.3) is 0 Å². The Bertz CT molecular complexity index is 812. The first-order valence-electron chi connectivity index (χ1n) is 10.8. The molecule has 2 rings (SSSR count). The average molecular weight is 433 g/mol. The summed E-state index contributed by atoms with van der Waals surface area (Å²) < 4.78 is 11.4. The summed E-state index contributed by atoms with van der Waals surface area (Å²) in [6.45, 7) is 11.0. The molecule has 0 aromatic carbocycles. The fraction of sp³-hybridized carbons (Fsp3) is 0.600. The molecule has 2 N–H and O–H groups in total. The van der Waals surface area contributed by atoms with Crippen molar-refractivity contribution in [2.45, 2.75) is 84.7 Å². The molecule has 0 spiro atoms. The molecule has 1 aliphatic carbocycles. The summed E-state index contributed by atoms with van der Waals surface area (Å²) in [6, 6.07) is 0. The van der Waals surface area contributed by atoms with Crippen LogP contribution >= 0.6 is 0 Å². The van der Waals surface area contributed by atoms with E-state index < -0.39 is 42.3 Å². The fourth-order valence-corrected chi connectivity index (χ4v) is 3.78. The Morgan fingerprint density at radius 2 is 1.94 bits per heavy atom. The van der Waals surface area contributed by atoms with Crippen molar-refractivity contribution in [3.8, 4) is 0 Å². The SMILES string of the molecule is CC(C)=CCC[C@]1(C)/C=C/[C@@H](OC(=O)C=C(C)C)[C@@]2(C)O[C@H]2[C@H](O)C(=O)/C(CO)=C\C1. The largest absolute Gasteiger partial charge is 0.452 e. The molecule has 0 bridgehead atoms. The van der Waals surface area contributed by atoms with Crippen molar-refractivity contribution in [1.29, 1.82) is 0 Å². The number of Topliss-reactive ketones (excluding diaryl/α,β-unsaturated/α-hetero) is 1. The van der Waals surface area contributed by atoms with Crippen LogP contribution in [0.1, 0.15) is 60.8 Å². The second kappa shape index (κ2) is 10.1. The molecule has 172 valence electrons. The van der Waals surface area contributed by atoms with Crippen LogP contribution in [0.5, 0.6) is 0 Å². The smallest absolute Gasteiger partial charge is 0.331 e. The van der Waals surface area contributed by atoms with Crippen LogP contribution in [0, 0.1) is 5.41 Å². The Morgan fingerprint density at radius 3 is 2.52 bits per heavy atom. The molecular formula is C25H36O6. The maximum Gasteiger partial charge on any atom is 0.331 e. The van der Waals surface area contributed by atoms with Gasteiger partial charge in [-0.25, -0.2) is 4.79 Å². The third-order valence-electron chi connectivity index (χ3n) is 5.90. The number of aliphatic hydroxyl groups excluding tert-OH is 2. The van der Waals surface area contributed by atoms with Gasteiger partial charge in [-0.2, -0.15) is 0 Å². The van der Waals surface area contributed by atoms with Gasteiger partial charge in [0.05, 0.1) is 6.61 Å². The normalized spacial score (nSPS) is 35.5. The van der Waals surface area contributed by atoms with Crippen LogP contribution in [0.4, 0.5) is 0 Å². The van der Waals surface area contributed by atoms with Gasteiger partial charge in [0.25, 0.3) is 0 Å². The van der Waals surface area contributed by atoms with Crippen molar-refractivity contribution in [3.63, 3.8) is 0 Å². The Hall–Kier alpha value is -2.02. The number of aliphatic hydroxyl groups is 2. The van der Waals surface area contributed by atoms with E-state index in [9.17, 15) is 19.8 Å². The van der Waals surface area contributed by atoms with Crippen molar-refractivity contribution in [2.75, 3.05) is 6.61 Å². The summed E-state index contributed by atoms with van der Waals surface area (Å²) in [4.78, 5) is 25.1. The number of ether oxygens (including phenoxy) is 2. The van der Waals surface area contributed by atoms with E-state index in [2.05, 4.69) is 13.0 Å². The van der Waals surface area contributed by atoms with E-state index in [1.54, 1.807) is 26.8 Å². The van der Waals surface area contributed by atoms with Crippen LogP contribution in [-0.2, 0) is 19.1 Å². The minimum absolute atomic E-state index is 0.173. The first-order chi connectivity index (χ1) is 14.4. The molecule has 1 aliphatic heterocycles. The van der Waals surface area contributed by atoms with Crippen LogP contribution in [-0.4, -0.2) is 52.5 Å². The van der Waals surface area contributed by atoms with Crippen LogP contribution in [0.3, 0.4) is 0 Å². The Labute approximate surface area is 185 Å². The summed E-state index contributed by atoms with van der Waals surface area (Å²) in [5.41, 5.74) is 0.839. The molecule has 6 nitrogen and oxygen atoms in total. The lowest BCUT2D eigenvalue weighted by molar-refractivity contribution is -0.143. The molecule has 0 radical (unpaired) electrons. The summed E-state index contributed by atoms with van der Waals surface area (Å²) in [5, 5.41) is 20.3. The Kier molecular flexibility index (Phi) is 8.20. The van der Waals surface area contributed by atoms with Gasteiger partial charge in [0.2, 0.25) is 0 Å². The van der Waals surface area contributed by atoms with Gasteiger partial charge in [-0.1, -0.05) is 36.3 Å². The highest BCUT2D eigenvalue weighted by atomic mass is 16.7. The minimum atomic E-state index is -1.43. The van der Waals surface area contributed by atoms with Gasteiger partial charge in [0.1, 0.15) is 17.8 Å².